The Kier molecular flexibility index (Phi) is 4.83. The summed E-state index contributed by atoms with van der Waals surface area (Å²) in [5.74, 6) is 0.272. The van der Waals surface area contributed by atoms with Crippen molar-refractivity contribution in [3.8, 4) is 0 Å². The topological polar surface area (TPSA) is 95.9 Å². The standard InChI is InChI=1S/C21H18Cl2N6O2/c1-28-17-14(25-21(28)26-16-11(22)5-4-6-12(16)23)8-7-13-15(17)19(30)27-18(24-13)20(31)29-9-2-3-10-29/h4-8H,2-3,9-10H2,1H3,(H,25,26)(H,24,27,30). The van der Waals surface area contributed by atoms with Gasteiger partial charge in [0.1, 0.15) is 0 Å². The maximum atomic E-state index is 13.0. The molecule has 4 aromatic rings. The summed E-state index contributed by atoms with van der Waals surface area (Å²) in [7, 11) is 1.78. The minimum absolute atomic E-state index is 0.0575. The number of H-pyrrole nitrogens is 1. The van der Waals surface area contributed by atoms with Crippen molar-refractivity contribution in [3.63, 3.8) is 0 Å². The number of benzene rings is 2. The predicted octanol–water partition coefficient (Wildman–Crippen LogP) is 4.10. The Balaban J connectivity index is 1.63. The first-order valence-electron chi connectivity index (χ1n) is 9.84. The van der Waals surface area contributed by atoms with Crippen molar-refractivity contribution in [2.45, 2.75) is 12.8 Å². The summed E-state index contributed by atoms with van der Waals surface area (Å²) >= 11 is 12.5. The molecule has 1 amide bonds. The molecule has 1 fully saturated rings. The number of anilines is 2. The summed E-state index contributed by atoms with van der Waals surface area (Å²) in [5, 5.41) is 4.41. The van der Waals surface area contributed by atoms with Gasteiger partial charge in [0.05, 0.1) is 37.7 Å². The van der Waals surface area contributed by atoms with E-state index in [0.717, 1.165) is 12.8 Å². The van der Waals surface area contributed by atoms with E-state index in [0.29, 0.717) is 56.7 Å². The number of imidazole rings is 1. The van der Waals surface area contributed by atoms with Crippen molar-refractivity contribution in [1.29, 1.82) is 0 Å². The van der Waals surface area contributed by atoms with Crippen molar-refractivity contribution in [3.05, 3.63) is 56.6 Å². The number of hydrogen-bond donors (Lipinski definition) is 2. The van der Waals surface area contributed by atoms with E-state index in [9.17, 15) is 9.59 Å². The minimum atomic E-state index is -0.386. The summed E-state index contributed by atoms with van der Waals surface area (Å²) in [5.41, 5.74) is 1.77. The number of rotatable bonds is 3. The molecule has 2 aromatic heterocycles. The summed E-state index contributed by atoms with van der Waals surface area (Å²) in [6.07, 6.45) is 1.93. The lowest BCUT2D eigenvalue weighted by Crippen LogP contribution is -2.31. The first-order valence-corrected chi connectivity index (χ1v) is 10.6. The van der Waals surface area contributed by atoms with Crippen LogP contribution in [0.2, 0.25) is 10.0 Å². The van der Waals surface area contributed by atoms with Crippen molar-refractivity contribution < 1.29 is 4.79 Å². The maximum Gasteiger partial charge on any atom is 0.289 e. The van der Waals surface area contributed by atoms with Gasteiger partial charge in [-0.1, -0.05) is 29.3 Å². The third-order valence-electron chi connectivity index (χ3n) is 5.50. The molecular weight excluding hydrogens is 439 g/mol. The zero-order valence-electron chi connectivity index (χ0n) is 16.6. The van der Waals surface area contributed by atoms with Crippen molar-refractivity contribution >= 4 is 62.7 Å². The number of para-hydroxylation sites is 1. The lowest BCUT2D eigenvalue weighted by molar-refractivity contribution is 0.0781. The number of fused-ring (bicyclic) bond motifs is 3. The van der Waals surface area contributed by atoms with Gasteiger partial charge in [-0.2, -0.15) is 0 Å². The number of amides is 1. The van der Waals surface area contributed by atoms with Crippen LogP contribution in [0.15, 0.2) is 35.1 Å². The van der Waals surface area contributed by atoms with E-state index in [1.807, 2.05) is 0 Å². The Hall–Kier alpha value is -3.10. The van der Waals surface area contributed by atoms with Crippen LogP contribution in [0.25, 0.3) is 21.9 Å². The predicted molar refractivity (Wildman–Crippen MR) is 122 cm³/mol. The van der Waals surface area contributed by atoms with Crippen molar-refractivity contribution in [1.82, 2.24) is 24.4 Å². The molecule has 0 radical (unpaired) electrons. The quantitative estimate of drug-likeness (QED) is 0.483. The van der Waals surface area contributed by atoms with Gasteiger partial charge in [-0.15, -0.1) is 0 Å². The van der Waals surface area contributed by atoms with Crippen LogP contribution in [0.3, 0.4) is 0 Å². The molecule has 158 valence electrons. The summed E-state index contributed by atoms with van der Waals surface area (Å²) in [6, 6.07) is 8.67. The smallest absolute Gasteiger partial charge is 0.289 e. The highest BCUT2D eigenvalue weighted by molar-refractivity contribution is 6.39. The third kappa shape index (κ3) is 3.32. The SMILES string of the molecule is Cn1c(Nc2c(Cl)cccc2Cl)nc2ccc3nc(C(=O)N4CCCC4)[nH]c(=O)c3c21. The number of carbonyl (C=O) groups excluding carboxylic acids is 1. The number of likely N-dealkylation sites (tertiary alicyclic amines) is 1. The molecular formula is C21H18Cl2N6O2. The number of aromatic nitrogens is 4. The van der Waals surface area contributed by atoms with Gasteiger partial charge in [-0.3, -0.25) is 9.59 Å². The van der Waals surface area contributed by atoms with Crippen LogP contribution in [-0.2, 0) is 7.05 Å². The lowest BCUT2D eigenvalue weighted by atomic mass is 10.2. The second kappa shape index (κ2) is 7.55. The molecule has 0 bridgehead atoms. The average Bonchev–Trinajstić information content (AvgIpc) is 3.39. The Morgan fingerprint density at radius 1 is 1.06 bits per heavy atom. The van der Waals surface area contributed by atoms with E-state index in [1.54, 1.807) is 46.8 Å². The van der Waals surface area contributed by atoms with Crippen molar-refractivity contribution in [2.24, 2.45) is 7.05 Å². The molecule has 2 aromatic carbocycles. The summed E-state index contributed by atoms with van der Waals surface area (Å²) in [6.45, 7) is 1.36. The van der Waals surface area contributed by atoms with E-state index >= 15 is 0 Å². The summed E-state index contributed by atoms with van der Waals surface area (Å²) in [4.78, 5) is 39.1. The summed E-state index contributed by atoms with van der Waals surface area (Å²) < 4.78 is 1.75. The molecule has 0 saturated carbocycles. The van der Waals surface area contributed by atoms with Crippen LogP contribution >= 0.6 is 23.2 Å². The second-order valence-electron chi connectivity index (χ2n) is 7.46. The molecule has 5 rings (SSSR count). The second-order valence-corrected chi connectivity index (χ2v) is 8.27. The molecule has 1 aliphatic heterocycles. The Morgan fingerprint density at radius 3 is 2.45 bits per heavy atom. The third-order valence-corrected chi connectivity index (χ3v) is 6.13. The molecule has 1 aliphatic rings. The number of nitrogens with one attached hydrogen (secondary N) is 2. The highest BCUT2D eigenvalue weighted by atomic mass is 35.5. The average molecular weight is 457 g/mol. The van der Waals surface area contributed by atoms with E-state index in [2.05, 4.69) is 20.3 Å². The fraction of sp³-hybridized carbons (Fsp3) is 0.238. The van der Waals surface area contributed by atoms with Gasteiger partial charge < -0.3 is 19.8 Å². The molecule has 10 heteroatoms. The first-order chi connectivity index (χ1) is 14.9. The molecule has 0 unspecified atom stereocenters. The highest BCUT2D eigenvalue weighted by Gasteiger charge is 2.23. The van der Waals surface area contributed by atoms with Crippen LogP contribution in [0.5, 0.6) is 0 Å². The van der Waals surface area contributed by atoms with Crippen molar-refractivity contribution in [2.75, 3.05) is 18.4 Å². The van der Waals surface area contributed by atoms with Crippen LogP contribution in [-0.4, -0.2) is 43.4 Å². The van der Waals surface area contributed by atoms with Crippen LogP contribution < -0.4 is 10.9 Å². The van der Waals surface area contributed by atoms with Crippen LogP contribution in [0.1, 0.15) is 23.5 Å². The maximum absolute atomic E-state index is 13.0. The fourth-order valence-electron chi connectivity index (χ4n) is 3.94. The number of carbonyl (C=O) groups is 1. The molecule has 8 nitrogen and oxygen atoms in total. The van der Waals surface area contributed by atoms with Gasteiger partial charge in [0.15, 0.2) is 5.82 Å². The minimum Gasteiger partial charge on any atom is -0.336 e. The van der Waals surface area contributed by atoms with Gasteiger partial charge in [-0.05, 0) is 37.1 Å². The van der Waals surface area contributed by atoms with Crippen LogP contribution in [0, 0.1) is 0 Å². The molecule has 31 heavy (non-hydrogen) atoms. The Morgan fingerprint density at radius 2 is 1.74 bits per heavy atom. The van der Waals surface area contributed by atoms with Gasteiger partial charge >= 0.3 is 0 Å². The molecule has 0 spiro atoms. The van der Waals surface area contributed by atoms with E-state index < -0.39 is 0 Å². The fourth-order valence-corrected chi connectivity index (χ4v) is 4.43. The molecule has 0 aliphatic carbocycles. The van der Waals surface area contributed by atoms with Gasteiger partial charge in [0.25, 0.3) is 11.5 Å². The molecule has 1 saturated heterocycles. The largest absolute Gasteiger partial charge is 0.336 e. The van der Waals surface area contributed by atoms with E-state index in [1.165, 1.54) is 0 Å². The number of hydrogen-bond acceptors (Lipinski definition) is 5. The van der Waals surface area contributed by atoms with Gasteiger partial charge in [0.2, 0.25) is 5.95 Å². The van der Waals surface area contributed by atoms with Gasteiger partial charge in [-0.25, -0.2) is 9.97 Å². The van der Waals surface area contributed by atoms with E-state index in [-0.39, 0.29) is 17.3 Å². The number of aromatic amines is 1. The first kappa shape index (κ1) is 19.8. The lowest BCUT2D eigenvalue weighted by Gasteiger charge is -2.14. The monoisotopic (exact) mass is 456 g/mol. The number of halogens is 2. The molecule has 0 atom stereocenters. The van der Waals surface area contributed by atoms with Gasteiger partial charge in [0, 0.05) is 20.1 Å². The van der Waals surface area contributed by atoms with Crippen LogP contribution in [0.4, 0.5) is 11.6 Å². The highest BCUT2D eigenvalue weighted by Crippen LogP contribution is 2.33. The zero-order valence-corrected chi connectivity index (χ0v) is 18.1. The number of nitrogens with zero attached hydrogens (tertiary/aromatic N) is 4. The zero-order chi connectivity index (χ0) is 21.7. The Bertz CT molecular complexity index is 1380. The van der Waals surface area contributed by atoms with E-state index in [4.69, 9.17) is 23.2 Å². The molecule has 3 heterocycles. The molecule has 2 N–H and O–H groups in total. The Labute approximate surface area is 186 Å². The normalized spacial score (nSPS) is 14.0. The number of aryl methyl sites for hydroxylation is 1.